The van der Waals surface area contributed by atoms with Crippen LogP contribution in [0.5, 0.6) is 0 Å². The summed E-state index contributed by atoms with van der Waals surface area (Å²) in [6.07, 6.45) is 0. The molecular weight excluding hydrogens is 242 g/mol. The van der Waals surface area contributed by atoms with Crippen LogP contribution in [0.25, 0.3) is 10.8 Å². The van der Waals surface area contributed by atoms with Gasteiger partial charge >= 0.3 is 5.97 Å². The van der Waals surface area contributed by atoms with Crippen LogP contribution in [0.2, 0.25) is 0 Å². The summed E-state index contributed by atoms with van der Waals surface area (Å²) >= 11 is 0. The molecule has 0 heterocycles. The Morgan fingerprint density at radius 3 is 2.37 bits per heavy atom. The number of carboxylic acid groups (broad SMARTS) is 1. The number of hydrogen-bond acceptors (Lipinski definition) is 3. The molecule has 0 unspecified atom stereocenters. The summed E-state index contributed by atoms with van der Waals surface area (Å²) in [5.74, 6) is -0.830. The molecule has 4 heteroatoms. The molecule has 0 spiro atoms. The third-order valence-corrected chi connectivity index (χ3v) is 3.04. The van der Waals surface area contributed by atoms with Gasteiger partial charge in [0, 0.05) is 18.3 Å². The minimum Gasteiger partial charge on any atom is -0.480 e. The number of benzene rings is 2. The van der Waals surface area contributed by atoms with Crippen LogP contribution in [0, 0.1) is 0 Å². The Labute approximate surface area is 111 Å². The van der Waals surface area contributed by atoms with Gasteiger partial charge in [-0.15, -0.1) is 0 Å². The zero-order chi connectivity index (χ0) is 14.0. The molecule has 0 aliphatic carbocycles. The summed E-state index contributed by atoms with van der Waals surface area (Å²) < 4.78 is 0. The first-order valence-electron chi connectivity index (χ1n) is 5.95. The number of Topliss-reactive ketones (excluding diaryl/α,β-unsaturated/α-hetero) is 1. The average molecular weight is 257 g/mol. The van der Waals surface area contributed by atoms with Gasteiger partial charge in [-0.3, -0.25) is 9.59 Å². The topological polar surface area (TPSA) is 57.6 Å². The smallest absolute Gasteiger partial charge is 0.323 e. The van der Waals surface area contributed by atoms with Crippen LogP contribution in [-0.4, -0.2) is 30.5 Å². The van der Waals surface area contributed by atoms with E-state index in [2.05, 4.69) is 0 Å². The monoisotopic (exact) mass is 257 g/mol. The Morgan fingerprint density at radius 1 is 1.11 bits per heavy atom. The third-order valence-electron chi connectivity index (χ3n) is 3.04. The number of rotatable bonds is 4. The maximum Gasteiger partial charge on any atom is 0.323 e. The molecule has 0 aromatic heterocycles. The second-order valence-electron chi connectivity index (χ2n) is 4.55. The van der Waals surface area contributed by atoms with Crippen molar-refractivity contribution in [3.05, 3.63) is 42.0 Å². The predicted octanol–water partition coefficient (Wildman–Crippen LogP) is 2.56. The van der Waals surface area contributed by atoms with E-state index in [1.807, 2.05) is 30.3 Å². The lowest BCUT2D eigenvalue weighted by Gasteiger charge is -2.17. The second-order valence-corrected chi connectivity index (χ2v) is 4.55. The summed E-state index contributed by atoms with van der Waals surface area (Å²) in [5, 5.41) is 10.7. The Kier molecular flexibility index (Phi) is 3.51. The molecule has 4 nitrogen and oxygen atoms in total. The first-order valence-corrected chi connectivity index (χ1v) is 5.95. The van der Waals surface area contributed by atoms with Gasteiger partial charge in [0.25, 0.3) is 0 Å². The molecule has 0 fully saturated rings. The zero-order valence-electron chi connectivity index (χ0n) is 10.9. The number of hydrogen-bond donors (Lipinski definition) is 1. The van der Waals surface area contributed by atoms with Gasteiger partial charge in [-0.1, -0.05) is 18.2 Å². The van der Waals surface area contributed by atoms with Crippen molar-refractivity contribution < 1.29 is 14.7 Å². The van der Waals surface area contributed by atoms with Crippen molar-refractivity contribution in [1.82, 2.24) is 0 Å². The number of aliphatic carboxylic acids is 1. The van der Waals surface area contributed by atoms with E-state index >= 15 is 0 Å². The molecule has 0 bridgehead atoms. The highest BCUT2D eigenvalue weighted by atomic mass is 16.4. The Hall–Kier alpha value is -2.36. The lowest BCUT2D eigenvalue weighted by Crippen LogP contribution is -2.24. The lowest BCUT2D eigenvalue weighted by molar-refractivity contribution is -0.135. The molecule has 2 rings (SSSR count). The predicted molar refractivity (Wildman–Crippen MR) is 74.9 cm³/mol. The molecular formula is C15H15NO3. The van der Waals surface area contributed by atoms with Gasteiger partial charge in [0.2, 0.25) is 0 Å². The minimum atomic E-state index is -0.866. The van der Waals surface area contributed by atoms with E-state index in [1.54, 1.807) is 18.0 Å². The number of carbonyl (C=O) groups is 2. The van der Waals surface area contributed by atoms with Gasteiger partial charge < -0.3 is 10.0 Å². The summed E-state index contributed by atoms with van der Waals surface area (Å²) in [6, 6.07) is 11.2. The number of carbonyl (C=O) groups excluding carboxylic acids is 1. The van der Waals surface area contributed by atoms with Gasteiger partial charge in [0.05, 0.1) is 0 Å². The summed E-state index contributed by atoms with van der Waals surface area (Å²) in [7, 11) is 1.74. The summed E-state index contributed by atoms with van der Waals surface area (Å²) in [4.78, 5) is 23.7. The molecule has 0 atom stereocenters. The SMILES string of the molecule is CC(=O)c1ccc2cc(N(C)CC(=O)O)ccc2c1. The van der Waals surface area contributed by atoms with E-state index in [1.165, 1.54) is 6.92 Å². The van der Waals surface area contributed by atoms with Crippen LogP contribution in [0.1, 0.15) is 17.3 Å². The number of ketones is 1. The molecule has 0 radical (unpaired) electrons. The normalized spacial score (nSPS) is 10.4. The maximum absolute atomic E-state index is 11.3. The maximum atomic E-state index is 11.3. The number of anilines is 1. The molecule has 2 aromatic rings. The molecule has 0 saturated carbocycles. The first-order chi connectivity index (χ1) is 8.97. The van der Waals surface area contributed by atoms with Crippen molar-refractivity contribution in [2.24, 2.45) is 0 Å². The van der Waals surface area contributed by atoms with Gasteiger partial charge in [-0.05, 0) is 35.9 Å². The first kappa shape index (κ1) is 13.1. The fraction of sp³-hybridized carbons (Fsp3) is 0.200. The van der Waals surface area contributed by atoms with Gasteiger partial charge in [-0.2, -0.15) is 0 Å². The van der Waals surface area contributed by atoms with Crippen LogP contribution in [0.4, 0.5) is 5.69 Å². The van der Waals surface area contributed by atoms with Crippen molar-refractivity contribution >= 4 is 28.2 Å². The molecule has 0 amide bonds. The molecule has 0 aliphatic rings. The van der Waals surface area contributed by atoms with Crippen molar-refractivity contribution in [3.8, 4) is 0 Å². The van der Waals surface area contributed by atoms with Crippen molar-refractivity contribution in [2.75, 3.05) is 18.5 Å². The fourth-order valence-electron chi connectivity index (χ4n) is 1.98. The highest BCUT2D eigenvalue weighted by molar-refractivity contribution is 5.99. The molecule has 0 aliphatic heterocycles. The lowest BCUT2D eigenvalue weighted by atomic mass is 10.0. The highest BCUT2D eigenvalue weighted by Crippen LogP contribution is 2.22. The third kappa shape index (κ3) is 2.91. The molecule has 0 saturated heterocycles. The number of likely N-dealkylation sites (N-methyl/N-ethyl adjacent to an activating group) is 1. The second kappa shape index (κ2) is 5.10. The zero-order valence-corrected chi connectivity index (χ0v) is 10.9. The minimum absolute atomic E-state index is 0.0361. The Morgan fingerprint density at radius 2 is 1.74 bits per heavy atom. The largest absolute Gasteiger partial charge is 0.480 e. The van der Waals surface area contributed by atoms with E-state index < -0.39 is 5.97 Å². The molecule has 19 heavy (non-hydrogen) atoms. The highest BCUT2D eigenvalue weighted by Gasteiger charge is 2.07. The van der Waals surface area contributed by atoms with Gasteiger partial charge in [0.1, 0.15) is 6.54 Å². The van der Waals surface area contributed by atoms with Crippen LogP contribution >= 0.6 is 0 Å². The van der Waals surface area contributed by atoms with Crippen LogP contribution in [-0.2, 0) is 4.79 Å². The van der Waals surface area contributed by atoms with Gasteiger partial charge in [-0.25, -0.2) is 0 Å². The summed E-state index contributed by atoms with van der Waals surface area (Å²) in [6.45, 7) is 1.49. The number of nitrogens with zero attached hydrogens (tertiary/aromatic N) is 1. The number of carboxylic acids is 1. The van der Waals surface area contributed by atoms with Crippen LogP contribution in [0.15, 0.2) is 36.4 Å². The van der Waals surface area contributed by atoms with E-state index in [-0.39, 0.29) is 12.3 Å². The Bertz CT molecular complexity index is 649. The Balaban J connectivity index is 2.39. The standard InChI is InChI=1S/C15H15NO3/c1-10(17)11-3-4-13-8-14(6-5-12(13)7-11)16(2)9-15(18)19/h3-8H,9H2,1-2H3,(H,18,19). The van der Waals surface area contributed by atoms with Crippen molar-refractivity contribution in [2.45, 2.75) is 6.92 Å². The van der Waals surface area contributed by atoms with Crippen LogP contribution < -0.4 is 4.90 Å². The van der Waals surface area contributed by atoms with E-state index in [0.29, 0.717) is 5.56 Å². The van der Waals surface area contributed by atoms with E-state index in [0.717, 1.165) is 16.5 Å². The van der Waals surface area contributed by atoms with Crippen molar-refractivity contribution in [3.63, 3.8) is 0 Å². The quantitative estimate of drug-likeness (QED) is 0.855. The summed E-state index contributed by atoms with van der Waals surface area (Å²) in [5.41, 5.74) is 1.52. The molecule has 2 aromatic carbocycles. The van der Waals surface area contributed by atoms with E-state index in [9.17, 15) is 9.59 Å². The average Bonchev–Trinajstić information content (AvgIpc) is 2.36. The molecule has 1 N–H and O–H groups in total. The molecule has 98 valence electrons. The van der Waals surface area contributed by atoms with Crippen LogP contribution in [0.3, 0.4) is 0 Å². The van der Waals surface area contributed by atoms with E-state index in [4.69, 9.17) is 5.11 Å². The fourth-order valence-corrected chi connectivity index (χ4v) is 1.98. The van der Waals surface area contributed by atoms with Crippen molar-refractivity contribution in [1.29, 1.82) is 0 Å². The number of fused-ring (bicyclic) bond motifs is 1. The van der Waals surface area contributed by atoms with Gasteiger partial charge in [0.15, 0.2) is 5.78 Å².